The van der Waals surface area contributed by atoms with Gasteiger partial charge < -0.3 is 14.8 Å². The molecule has 2 heterocycles. The quantitative estimate of drug-likeness (QED) is 0.807. The van der Waals surface area contributed by atoms with Crippen LogP contribution < -0.4 is 5.32 Å². The first-order valence-electron chi connectivity index (χ1n) is 6.12. The molecule has 1 atom stereocenters. The second kappa shape index (κ2) is 6.29. The smallest absolute Gasteiger partial charge is 0.356 e. The first kappa shape index (κ1) is 13.5. The molecular weight excluding hydrogens is 248 g/mol. The monoisotopic (exact) mass is 264 g/mol. The Bertz CT molecular complexity index is 469. The third-order valence-electron chi connectivity index (χ3n) is 2.95. The lowest BCUT2D eigenvalue weighted by Gasteiger charge is -2.09. The number of nitrogens with one attached hydrogen (secondary N) is 1. The predicted molar refractivity (Wildman–Crippen MR) is 66.8 cm³/mol. The van der Waals surface area contributed by atoms with Crippen molar-refractivity contribution in [2.24, 2.45) is 5.92 Å². The summed E-state index contributed by atoms with van der Waals surface area (Å²) >= 11 is 0. The van der Waals surface area contributed by atoms with Gasteiger partial charge in [0.2, 0.25) is 0 Å². The number of methoxy groups -OCH3 is 1. The van der Waals surface area contributed by atoms with E-state index in [1.54, 1.807) is 12.1 Å². The van der Waals surface area contributed by atoms with Gasteiger partial charge in [0, 0.05) is 19.1 Å². The summed E-state index contributed by atoms with van der Waals surface area (Å²) < 4.78 is 9.79. The fourth-order valence-electron chi connectivity index (χ4n) is 1.85. The highest BCUT2D eigenvalue weighted by Crippen LogP contribution is 2.11. The van der Waals surface area contributed by atoms with Crippen molar-refractivity contribution in [2.75, 3.05) is 26.9 Å². The van der Waals surface area contributed by atoms with Crippen molar-refractivity contribution >= 4 is 11.9 Å². The summed E-state index contributed by atoms with van der Waals surface area (Å²) in [6, 6.07) is 4.67. The zero-order valence-electron chi connectivity index (χ0n) is 10.7. The van der Waals surface area contributed by atoms with Crippen LogP contribution in [-0.4, -0.2) is 43.7 Å². The molecule has 0 bridgehead atoms. The van der Waals surface area contributed by atoms with E-state index in [9.17, 15) is 9.59 Å². The molecular formula is C13H16N2O4. The van der Waals surface area contributed by atoms with Gasteiger partial charge in [-0.2, -0.15) is 0 Å². The largest absolute Gasteiger partial charge is 0.464 e. The van der Waals surface area contributed by atoms with Crippen LogP contribution in [0.25, 0.3) is 0 Å². The van der Waals surface area contributed by atoms with Crippen LogP contribution in [0.3, 0.4) is 0 Å². The highest BCUT2D eigenvalue weighted by Gasteiger charge is 2.18. The third-order valence-corrected chi connectivity index (χ3v) is 2.95. The van der Waals surface area contributed by atoms with Gasteiger partial charge in [0.15, 0.2) is 0 Å². The molecule has 1 saturated heterocycles. The molecule has 0 aliphatic carbocycles. The number of nitrogens with zero attached hydrogens (tertiary/aromatic N) is 1. The molecule has 1 N–H and O–H groups in total. The average molecular weight is 264 g/mol. The van der Waals surface area contributed by atoms with E-state index in [1.165, 1.54) is 13.2 Å². The number of hydrogen-bond acceptors (Lipinski definition) is 5. The van der Waals surface area contributed by atoms with E-state index in [1.807, 2.05) is 0 Å². The summed E-state index contributed by atoms with van der Waals surface area (Å²) in [6.07, 6.45) is 0.954. The van der Waals surface area contributed by atoms with Crippen LogP contribution in [0.4, 0.5) is 0 Å². The van der Waals surface area contributed by atoms with Crippen LogP contribution in [0.1, 0.15) is 27.4 Å². The predicted octanol–water partition coefficient (Wildman–Crippen LogP) is 0.634. The molecule has 0 radical (unpaired) electrons. The lowest BCUT2D eigenvalue weighted by molar-refractivity contribution is 0.0594. The SMILES string of the molecule is COC(=O)c1cccc(C(=O)NC[C@@H]2CCOC2)n1. The Hall–Kier alpha value is -1.95. The summed E-state index contributed by atoms with van der Waals surface area (Å²) in [5.41, 5.74) is 0.334. The van der Waals surface area contributed by atoms with E-state index in [2.05, 4.69) is 15.0 Å². The molecule has 6 nitrogen and oxygen atoms in total. The average Bonchev–Trinajstić information content (AvgIpc) is 2.97. The van der Waals surface area contributed by atoms with Crippen LogP contribution in [0.15, 0.2) is 18.2 Å². The van der Waals surface area contributed by atoms with Gasteiger partial charge in [0.1, 0.15) is 11.4 Å². The first-order chi connectivity index (χ1) is 9.20. The number of amides is 1. The van der Waals surface area contributed by atoms with E-state index in [0.717, 1.165) is 13.0 Å². The summed E-state index contributed by atoms with van der Waals surface area (Å²) in [6.45, 7) is 1.98. The van der Waals surface area contributed by atoms with Gasteiger partial charge in [-0.25, -0.2) is 9.78 Å². The minimum atomic E-state index is -0.557. The summed E-state index contributed by atoms with van der Waals surface area (Å²) in [4.78, 5) is 27.2. The third kappa shape index (κ3) is 3.51. The maximum atomic E-state index is 11.9. The Labute approximate surface area is 111 Å². The fourth-order valence-corrected chi connectivity index (χ4v) is 1.85. The fraction of sp³-hybridized carbons (Fsp3) is 0.462. The van der Waals surface area contributed by atoms with Crippen LogP contribution in [0, 0.1) is 5.92 Å². The van der Waals surface area contributed by atoms with Crippen molar-refractivity contribution in [1.29, 1.82) is 0 Å². The Morgan fingerprint density at radius 2 is 2.26 bits per heavy atom. The zero-order valence-corrected chi connectivity index (χ0v) is 10.7. The number of hydrogen-bond donors (Lipinski definition) is 1. The van der Waals surface area contributed by atoms with Gasteiger partial charge >= 0.3 is 5.97 Å². The molecule has 0 unspecified atom stereocenters. The van der Waals surface area contributed by atoms with Gasteiger partial charge in [0.25, 0.3) is 5.91 Å². The number of rotatable bonds is 4. The topological polar surface area (TPSA) is 77.5 Å². The van der Waals surface area contributed by atoms with E-state index < -0.39 is 5.97 Å². The number of esters is 1. The zero-order chi connectivity index (χ0) is 13.7. The van der Waals surface area contributed by atoms with Gasteiger partial charge in [0.05, 0.1) is 13.7 Å². The molecule has 1 amide bonds. The number of carbonyl (C=O) groups excluding carboxylic acids is 2. The lowest BCUT2D eigenvalue weighted by Crippen LogP contribution is -2.30. The van der Waals surface area contributed by atoms with Crippen molar-refractivity contribution in [3.63, 3.8) is 0 Å². The molecule has 0 saturated carbocycles. The molecule has 19 heavy (non-hydrogen) atoms. The Kier molecular flexibility index (Phi) is 4.46. The Morgan fingerprint density at radius 1 is 1.47 bits per heavy atom. The highest BCUT2D eigenvalue weighted by molar-refractivity contribution is 5.94. The number of carbonyl (C=O) groups is 2. The second-order valence-electron chi connectivity index (χ2n) is 4.34. The maximum Gasteiger partial charge on any atom is 0.356 e. The lowest BCUT2D eigenvalue weighted by atomic mass is 10.1. The van der Waals surface area contributed by atoms with Crippen LogP contribution in [0.2, 0.25) is 0 Å². The van der Waals surface area contributed by atoms with E-state index in [0.29, 0.717) is 19.1 Å². The first-order valence-corrected chi connectivity index (χ1v) is 6.12. The Morgan fingerprint density at radius 3 is 2.95 bits per heavy atom. The minimum Gasteiger partial charge on any atom is -0.464 e. The van der Waals surface area contributed by atoms with E-state index in [4.69, 9.17) is 4.74 Å². The van der Waals surface area contributed by atoms with Crippen molar-refractivity contribution in [1.82, 2.24) is 10.3 Å². The Balaban J connectivity index is 1.96. The molecule has 0 aromatic carbocycles. The standard InChI is InChI=1S/C13H16N2O4/c1-18-13(17)11-4-2-3-10(15-11)12(16)14-7-9-5-6-19-8-9/h2-4,9H,5-8H2,1H3,(H,14,16)/t9-/m0/s1. The van der Waals surface area contributed by atoms with Crippen molar-refractivity contribution in [3.8, 4) is 0 Å². The van der Waals surface area contributed by atoms with Gasteiger partial charge in [-0.05, 0) is 18.6 Å². The van der Waals surface area contributed by atoms with Gasteiger partial charge in [-0.3, -0.25) is 4.79 Å². The second-order valence-corrected chi connectivity index (χ2v) is 4.34. The maximum absolute atomic E-state index is 11.9. The van der Waals surface area contributed by atoms with Gasteiger partial charge in [-0.15, -0.1) is 0 Å². The molecule has 1 aliphatic heterocycles. The molecule has 1 aliphatic rings. The molecule has 1 aromatic heterocycles. The summed E-state index contributed by atoms with van der Waals surface area (Å²) in [5, 5.41) is 2.79. The molecule has 1 aromatic rings. The highest BCUT2D eigenvalue weighted by atomic mass is 16.5. The van der Waals surface area contributed by atoms with Crippen LogP contribution >= 0.6 is 0 Å². The summed E-state index contributed by atoms with van der Waals surface area (Å²) in [7, 11) is 1.27. The number of aromatic nitrogens is 1. The molecule has 6 heteroatoms. The van der Waals surface area contributed by atoms with Gasteiger partial charge in [-0.1, -0.05) is 6.07 Å². The normalized spacial score (nSPS) is 18.1. The van der Waals surface area contributed by atoms with Crippen molar-refractivity contribution < 1.29 is 19.1 Å². The van der Waals surface area contributed by atoms with Crippen LogP contribution in [-0.2, 0) is 9.47 Å². The minimum absolute atomic E-state index is 0.124. The molecule has 0 spiro atoms. The number of pyridine rings is 1. The van der Waals surface area contributed by atoms with E-state index in [-0.39, 0.29) is 17.3 Å². The molecule has 102 valence electrons. The van der Waals surface area contributed by atoms with Crippen LogP contribution in [0.5, 0.6) is 0 Å². The molecule has 2 rings (SSSR count). The molecule has 1 fully saturated rings. The van der Waals surface area contributed by atoms with Crippen molar-refractivity contribution in [3.05, 3.63) is 29.6 Å². The van der Waals surface area contributed by atoms with Crippen molar-refractivity contribution in [2.45, 2.75) is 6.42 Å². The summed E-state index contributed by atoms with van der Waals surface area (Å²) in [5.74, 6) is -0.496. The number of ether oxygens (including phenoxy) is 2. The van der Waals surface area contributed by atoms with E-state index >= 15 is 0 Å².